The monoisotopic (exact) mass is 491 g/mol. The second-order valence-electron chi connectivity index (χ2n) is 10.00. The SMILES string of the molecule is Cc1cc(Cc2[nH]nc(NCc3cc(C)c(O)c(C)c3)c2C(N)=O)cnc1N1CCN(C(C)C)CC1. The van der Waals surface area contributed by atoms with Crippen LogP contribution in [0.25, 0.3) is 0 Å². The van der Waals surface area contributed by atoms with E-state index in [4.69, 9.17) is 10.7 Å². The number of benzene rings is 1. The quantitative estimate of drug-likeness (QED) is 0.381. The number of hydrogen-bond acceptors (Lipinski definition) is 7. The molecule has 3 aromatic rings. The molecule has 4 rings (SSSR count). The molecule has 9 nitrogen and oxygen atoms in total. The first-order valence-corrected chi connectivity index (χ1v) is 12.5. The number of hydrogen-bond donors (Lipinski definition) is 4. The molecule has 1 saturated heterocycles. The number of aryl methyl sites for hydroxylation is 3. The molecule has 0 unspecified atom stereocenters. The fourth-order valence-corrected chi connectivity index (χ4v) is 4.94. The first-order chi connectivity index (χ1) is 17.1. The molecule has 5 N–H and O–H groups in total. The second kappa shape index (κ2) is 10.6. The van der Waals surface area contributed by atoms with Crippen molar-refractivity contribution in [2.45, 2.75) is 53.6 Å². The smallest absolute Gasteiger partial charge is 0.254 e. The third-order valence-electron chi connectivity index (χ3n) is 6.93. The number of phenolic OH excluding ortho intramolecular Hbond substituents is 1. The van der Waals surface area contributed by atoms with Gasteiger partial charge >= 0.3 is 0 Å². The number of nitrogens with zero attached hydrogens (tertiary/aromatic N) is 4. The number of piperazine rings is 1. The van der Waals surface area contributed by atoms with Crippen LogP contribution in [-0.4, -0.2) is 63.3 Å². The lowest BCUT2D eigenvalue weighted by Crippen LogP contribution is -2.49. The molecule has 0 bridgehead atoms. The van der Waals surface area contributed by atoms with Crippen LogP contribution in [-0.2, 0) is 13.0 Å². The summed E-state index contributed by atoms with van der Waals surface area (Å²) in [4.78, 5) is 21.9. The fraction of sp³-hybridized carbons (Fsp3) is 0.444. The van der Waals surface area contributed by atoms with Gasteiger partial charge in [-0.25, -0.2) is 4.98 Å². The number of primary amides is 1. The Labute approximate surface area is 212 Å². The van der Waals surface area contributed by atoms with Crippen molar-refractivity contribution in [2.24, 2.45) is 5.73 Å². The maximum atomic E-state index is 12.3. The Hall–Kier alpha value is -3.59. The number of carbonyl (C=O) groups is 1. The Morgan fingerprint density at radius 3 is 2.31 bits per heavy atom. The normalized spacial score (nSPS) is 14.4. The van der Waals surface area contributed by atoms with Gasteiger partial charge in [-0.05, 0) is 62.4 Å². The van der Waals surface area contributed by atoms with Crippen LogP contribution in [0.1, 0.15) is 57.7 Å². The first-order valence-electron chi connectivity index (χ1n) is 12.5. The van der Waals surface area contributed by atoms with Crippen molar-refractivity contribution in [3.8, 4) is 5.75 Å². The molecule has 0 radical (unpaired) electrons. The van der Waals surface area contributed by atoms with E-state index in [-0.39, 0.29) is 0 Å². The number of H-pyrrole nitrogens is 1. The van der Waals surface area contributed by atoms with Crippen molar-refractivity contribution in [3.63, 3.8) is 0 Å². The zero-order valence-corrected chi connectivity index (χ0v) is 21.9. The van der Waals surface area contributed by atoms with Gasteiger partial charge in [0.25, 0.3) is 5.91 Å². The summed E-state index contributed by atoms with van der Waals surface area (Å²) in [6, 6.07) is 6.50. The molecule has 1 amide bonds. The number of aromatic hydroxyl groups is 1. The minimum Gasteiger partial charge on any atom is -0.507 e. The summed E-state index contributed by atoms with van der Waals surface area (Å²) in [5, 5.41) is 20.5. The lowest BCUT2D eigenvalue weighted by molar-refractivity contribution is 0.100. The van der Waals surface area contributed by atoms with Gasteiger partial charge in [-0.3, -0.25) is 14.8 Å². The molecule has 0 saturated carbocycles. The van der Waals surface area contributed by atoms with Crippen LogP contribution in [0.4, 0.5) is 11.6 Å². The Morgan fingerprint density at radius 1 is 1.08 bits per heavy atom. The lowest BCUT2D eigenvalue weighted by Gasteiger charge is -2.38. The number of anilines is 2. The predicted molar refractivity (Wildman–Crippen MR) is 143 cm³/mol. The molecular weight excluding hydrogens is 454 g/mol. The van der Waals surface area contributed by atoms with Gasteiger partial charge in [0, 0.05) is 51.4 Å². The van der Waals surface area contributed by atoms with Crippen molar-refractivity contribution in [1.82, 2.24) is 20.1 Å². The Morgan fingerprint density at radius 2 is 1.72 bits per heavy atom. The lowest BCUT2D eigenvalue weighted by atomic mass is 10.0. The molecule has 1 aromatic carbocycles. The second-order valence-corrected chi connectivity index (χ2v) is 10.00. The highest BCUT2D eigenvalue weighted by Crippen LogP contribution is 2.26. The van der Waals surface area contributed by atoms with E-state index in [0.29, 0.717) is 41.8 Å². The van der Waals surface area contributed by atoms with E-state index in [2.05, 4.69) is 52.2 Å². The third-order valence-corrected chi connectivity index (χ3v) is 6.93. The van der Waals surface area contributed by atoms with Gasteiger partial charge in [0.15, 0.2) is 5.82 Å². The first kappa shape index (κ1) is 25.5. The van der Waals surface area contributed by atoms with Crippen LogP contribution in [0.5, 0.6) is 5.75 Å². The van der Waals surface area contributed by atoms with Gasteiger partial charge in [-0.2, -0.15) is 5.10 Å². The molecule has 0 atom stereocenters. The summed E-state index contributed by atoms with van der Waals surface area (Å²) < 4.78 is 0. The van der Waals surface area contributed by atoms with Crippen LogP contribution < -0.4 is 16.0 Å². The highest BCUT2D eigenvalue weighted by molar-refractivity contribution is 5.99. The van der Waals surface area contributed by atoms with Crippen molar-refractivity contribution < 1.29 is 9.90 Å². The molecule has 0 spiro atoms. The number of aromatic nitrogens is 3. The summed E-state index contributed by atoms with van der Waals surface area (Å²) in [5.41, 5.74) is 11.4. The molecule has 192 valence electrons. The maximum absolute atomic E-state index is 12.3. The molecule has 1 fully saturated rings. The van der Waals surface area contributed by atoms with Gasteiger partial charge in [0.2, 0.25) is 0 Å². The van der Waals surface area contributed by atoms with E-state index in [9.17, 15) is 9.90 Å². The van der Waals surface area contributed by atoms with Crippen LogP contribution in [0.3, 0.4) is 0 Å². The number of nitrogens with one attached hydrogen (secondary N) is 2. The topological polar surface area (TPSA) is 123 Å². The van der Waals surface area contributed by atoms with E-state index < -0.39 is 5.91 Å². The van der Waals surface area contributed by atoms with E-state index in [1.165, 1.54) is 0 Å². The van der Waals surface area contributed by atoms with Gasteiger partial charge in [0.1, 0.15) is 17.1 Å². The summed E-state index contributed by atoms with van der Waals surface area (Å²) in [6.45, 7) is 14.7. The van der Waals surface area contributed by atoms with Crippen molar-refractivity contribution in [2.75, 3.05) is 36.4 Å². The molecule has 9 heteroatoms. The molecule has 2 aromatic heterocycles. The van der Waals surface area contributed by atoms with E-state index in [1.54, 1.807) is 0 Å². The molecule has 0 aliphatic carbocycles. The summed E-state index contributed by atoms with van der Waals surface area (Å²) in [6.07, 6.45) is 2.34. The van der Waals surface area contributed by atoms with E-state index >= 15 is 0 Å². The number of aromatic amines is 1. The third kappa shape index (κ3) is 5.46. The molecule has 1 aliphatic rings. The highest BCUT2D eigenvalue weighted by atomic mass is 16.3. The van der Waals surface area contributed by atoms with E-state index in [1.807, 2.05) is 32.2 Å². The Balaban J connectivity index is 1.47. The van der Waals surface area contributed by atoms with Gasteiger partial charge < -0.3 is 21.1 Å². The van der Waals surface area contributed by atoms with Crippen LogP contribution in [0, 0.1) is 20.8 Å². The molecule has 1 aliphatic heterocycles. The molecular formula is C27H37N7O2. The van der Waals surface area contributed by atoms with Crippen molar-refractivity contribution in [3.05, 3.63) is 63.5 Å². The predicted octanol–water partition coefficient (Wildman–Crippen LogP) is 3.27. The van der Waals surface area contributed by atoms with Gasteiger partial charge in [-0.15, -0.1) is 0 Å². The average molecular weight is 492 g/mol. The highest BCUT2D eigenvalue weighted by Gasteiger charge is 2.22. The van der Waals surface area contributed by atoms with Crippen molar-refractivity contribution >= 4 is 17.5 Å². The largest absolute Gasteiger partial charge is 0.507 e. The van der Waals surface area contributed by atoms with Gasteiger partial charge in [0.05, 0.1) is 5.69 Å². The maximum Gasteiger partial charge on any atom is 0.254 e. The number of phenols is 1. The van der Waals surface area contributed by atoms with Crippen LogP contribution >= 0.6 is 0 Å². The zero-order valence-electron chi connectivity index (χ0n) is 21.9. The van der Waals surface area contributed by atoms with Crippen molar-refractivity contribution in [1.29, 1.82) is 0 Å². The van der Waals surface area contributed by atoms with E-state index in [0.717, 1.165) is 59.8 Å². The fourth-order valence-electron chi connectivity index (χ4n) is 4.94. The summed E-state index contributed by atoms with van der Waals surface area (Å²) >= 11 is 0. The standard InChI is InChI=1S/C27H37N7O2/c1-16(2)33-6-8-34(9-7-33)27-19(5)12-21(15-30-27)13-22-23(25(28)36)26(32-31-22)29-14-20-10-17(3)24(35)18(4)11-20/h10-12,15-16,35H,6-9,13-14H2,1-5H3,(H2,28,36)(H2,29,31,32). The number of amides is 1. The zero-order chi connectivity index (χ0) is 26.0. The van der Waals surface area contributed by atoms with Crippen LogP contribution in [0.2, 0.25) is 0 Å². The minimum absolute atomic E-state index is 0.298. The summed E-state index contributed by atoms with van der Waals surface area (Å²) in [7, 11) is 0. The number of pyridine rings is 1. The summed E-state index contributed by atoms with van der Waals surface area (Å²) in [5.74, 6) is 1.20. The molecule has 3 heterocycles. The molecule has 36 heavy (non-hydrogen) atoms. The number of rotatable bonds is 8. The van der Waals surface area contributed by atoms with Gasteiger partial charge in [-0.1, -0.05) is 18.2 Å². The average Bonchev–Trinajstić information content (AvgIpc) is 3.24. The number of nitrogens with two attached hydrogens (primary N) is 1. The Bertz CT molecular complexity index is 1220. The Kier molecular flexibility index (Phi) is 7.49. The number of carbonyl (C=O) groups excluding carboxylic acids is 1. The minimum atomic E-state index is -0.538. The van der Waals surface area contributed by atoms with Crippen LogP contribution in [0.15, 0.2) is 24.4 Å².